The molecule has 1 saturated heterocycles. The minimum atomic E-state index is -0.242. The Hall–Kier alpha value is -3.42. The van der Waals surface area contributed by atoms with Crippen molar-refractivity contribution in [1.82, 2.24) is 25.3 Å². The van der Waals surface area contributed by atoms with E-state index in [1.165, 1.54) is 12.1 Å². The minimum Gasteiger partial charge on any atom is -0.355 e. The van der Waals surface area contributed by atoms with E-state index in [0.717, 1.165) is 41.4 Å². The number of carbonyl (C=O) groups excluding carboxylic acids is 1. The number of rotatable bonds is 8. The van der Waals surface area contributed by atoms with Gasteiger partial charge in [-0.2, -0.15) is 0 Å². The van der Waals surface area contributed by atoms with Crippen molar-refractivity contribution in [2.45, 2.75) is 44.6 Å². The zero-order chi connectivity index (χ0) is 22.8. The van der Waals surface area contributed by atoms with Gasteiger partial charge in [-0.3, -0.25) is 14.8 Å². The number of anilines is 1. The Labute approximate surface area is 192 Å². The summed E-state index contributed by atoms with van der Waals surface area (Å²) in [5, 5.41) is 3.09. The third kappa shape index (κ3) is 5.32. The van der Waals surface area contributed by atoms with Crippen molar-refractivity contribution >= 4 is 11.7 Å². The second-order valence-corrected chi connectivity index (χ2v) is 9.05. The molecule has 33 heavy (non-hydrogen) atoms. The zero-order valence-electron chi connectivity index (χ0n) is 18.6. The molecule has 0 bridgehead atoms. The number of carbonyl (C=O) groups is 1. The van der Waals surface area contributed by atoms with E-state index in [1.807, 2.05) is 18.2 Å². The van der Waals surface area contributed by atoms with Crippen LogP contribution >= 0.6 is 0 Å². The van der Waals surface area contributed by atoms with Crippen LogP contribution in [0.2, 0.25) is 0 Å². The first-order valence-corrected chi connectivity index (χ1v) is 11.5. The van der Waals surface area contributed by atoms with Crippen LogP contribution in [-0.2, 0) is 17.6 Å². The van der Waals surface area contributed by atoms with Crippen LogP contribution in [0.1, 0.15) is 48.5 Å². The fourth-order valence-corrected chi connectivity index (χ4v) is 4.05. The summed E-state index contributed by atoms with van der Waals surface area (Å²) >= 11 is 0. The smallest absolute Gasteiger partial charge is 0.226 e. The zero-order valence-corrected chi connectivity index (χ0v) is 18.6. The van der Waals surface area contributed by atoms with Crippen LogP contribution in [0.4, 0.5) is 10.2 Å². The van der Waals surface area contributed by atoms with Gasteiger partial charge in [0.25, 0.3) is 0 Å². The average Bonchev–Trinajstić information content (AvgIpc) is 3.58. The number of halogens is 1. The summed E-state index contributed by atoms with van der Waals surface area (Å²) in [5.41, 5.74) is 2.75. The van der Waals surface area contributed by atoms with Gasteiger partial charge in [0.2, 0.25) is 5.91 Å². The van der Waals surface area contributed by atoms with Gasteiger partial charge in [0.1, 0.15) is 17.5 Å². The van der Waals surface area contributed by atoms with Crippen molar-refractivity contribution in [2.75, 3.05) is 18.0 Å². The van der Waals surface area contributed by atoms with E-state index in [9.17, 15) is 9.18 Å². The van der Waals surface area contributed by atoms with Crippen molar-refractivity contribution in [3.63, 3.8) is 0 Å². The van der Waals surface area contributed by atoms with E-state index in [0.29, 0.717) is 32.0 Å². The Kier molecular flexibility index (Phi) is 5.98. The van der Waals surface area contributed by atoms with Crippen molar-refractivity contribution < 1.29 is 9.18 Å². The van der Waals surface area contributed by atoms with E-state index < -0.39 is 0 Å². The molecule has 5 rings (SSSR count). The Morgan fingerprint density at radius 3 is 2.64 bits per heavy atom. The maximum atomic E-state index is 13.3. The van der Waals surface area contributed by atoms with Gasteiger partial charge in [0.05, 0.1) is 17.3 Å². The van der Waals surface area contributed by atoms with Crippen LogP contribution in [0.25, 0.3) is 0 Å². The maximum absolute atomic E-state index is 13.3. The third-order valence-corrected chi connectivity index (χ3v) is 6.22. The summed E-state index contributed by atoms with van der Waals surface area (Å²) in [5.74, 6) is 1.61. The van der Waals surface area contributed by atoms with Crippen LogP contribution in [0, 0.1) is 11.7 Å². The van der Waals surface area contributed by atoms with Crippen LogP contribution in [-0.4, -0.2) is 45.0 Å². The van der Waals surface area contributed by atoms with E-state index in [4.69, 9.17) is 9.97 Å². The standard InChI is InChI=1S/C25H27FN6O/c1-16(17-2-4-19(26)5-3-17)10-23-29-21(11-22-13-27-8-9-28-22)12-24(31-23)32-14-18(15-32)25(33)30-20-6-7-20/h2-5,8-9,12-13,16,18,20H,6-7,10-11,14-15H2,1H3,(H,30,33)/t16-/m1/s1. The molecular formula is C25H27FN6O. The molecule has 3 heterocycles. The third-order valence-electron chi connectivity index (χ3n) is 6.22. The molecule has 0 unspecified atom stereocenters. The molecule has 3 aromatic rings. The molecule has 1 atom stereocenters. The summed E-state index contributed by atoms with van der Waals surface area (Å²) in [7, 11) is 0. The molecule has 8 heteroatoms. The summed E-state index contributed by atoms with van der Waals surface area (Å²) < 4.78 is 13.3. The van der Waals surface area contributed by atoms with Gasteiger partial charge < -0.3 is 10.2 Å². The predicted octanol–water partition coefficient (Wildman–Crippen LogP) is 3.06. The number of aromatic nitrogens is 4. The molecule has 2 fully saturated rings. The highest BCUT2D eigenvalue weighted by Gasteiger charge is 2.36. The van der Waals surface area contributed by atoms with Crippen molar-refractivity contribution in [1.29, 1.82) is 0 Å². The second-order valence-electron chi connectivity index (χ2n) is 9.05. The highest BCUT2D eigenvalue weighted by atomic mass is 19.1. The van der Waals surface area contributed by atoms with Crippen molar-refractivity contribution in [3.8, 4) is 0 Å². The molecule has 1 amide bonds. The number of hydrogen-bond acceptors (Lipinski definition) is 6. The Morgan fingerprint density at radius 2 is 1.94 bits per heavy atom. The van der Waals surface area contributed by atoms with E-state index in [2.05, 4.69) is 27.1 Å². The maximum Gasteiger partial charge on any atom is 0.226 e. The SMILES string of the molecule is C[C@H](Cc1nc(Cc2cnccn2)cc(N2CC(C(=O)NC3CC3)C2)n1)c1ccc(F)cc1. The summed E-state index contributed by atoms with van der Waals surface area (Å²) in [6.45, 7) is 3.41. The van der Waals surface area contributed by atoms with Crippen molar-refractivity contribution in [3.05, 3.63) is 77.5 Å². The van der Waals surface area contributed by atoms with Gasteiger partial charge in [-0.25, -0.2) is 14.4 Å². The first-order chi connectivity index (χ1) is 16.0. The van der Waals surface area contributed by atoms with Gasteiger partial charge in [0.15, 0.2) is 0 Å². The van der Waals surface area contributed by atoms with Crippen LogP contribution in [0.5, 0.6) is 0 Å². The fraction of sp³-hybridized carbons (Fsp3) is 0.400. The lowest BCUT2D eigenvalue weighted by Gasteiger charge is -2.39. The monoisotopic (exact) mass is 446 g/mol. The largest absolute Gasteiger partial charge is 0.355 e. The molecule has 2 aromatic heterocycles. The van der Waals surface area contributed by atoms with Gasteiger partial charge in [-0.1, -0.05) is 19.1 Å². The lowest BCUT2D eigenvalue weighted by molar-refractivity contribution is -0.125. The lowest BCUT2D eigenvalue weighted by Crippen LogP contribution is -2.54. The highest BCUT2D eigenvalue weighted by Crippen LogP contribution is 2.27. The van der Waals surface area contributed by atoms with Crippen LogP contribution in [0.15, 0.2) is 48.9 Å². The minimum absolute atomic E-state index is 0.00518. The first kappa shape index (κ1) is 21.4. The predicted molar refractivity (Wildman–Crippen MR) is 122 cm³/mol. The topological polar surface area (TPSA) is 83.9 Å². The Bertz CT molecular complexity index is 1110. The first-order valence-electron chi connectivity index (χ1n) is 11.5. The van der Waals surface area contributed by atoms with Gasteiger partial charge in [-0.15, -0.1) is 0 Å². The molecule has 1 aliphatic heterocycles. The number of nitrogens with zero attached hydrogens (tertiary/aromatic N) is 5. The summed E-state index contributed by atoms with van der Waals surface area (Å²) in [6.07, 6.45) is 8.44. The normalized spacial score (nSPS) is 16.8. The molecule has 1 N–H and O–H groups in total. The number of benzene rings is 1. The summed E-state index contributed by atoms with van der Waals surface area (Å²) in [4.78, 5) is 32.6. The van der Waals surface area contributed by atoms with E-state index in [1.54, 1.807) is 18.6 Å². The molecular weight excluding hydrogens is 419 g/mol. The molecule has 1 aliphatic carbocycles. The van der Waals surface area contributed by atoms with Gasteiger partial charge in [0, 0.05) is 56.6 Å². The molecule has 2 aliphatic rings. The quantitative estimate of drug-likeness (QED) is 0.573. The van der Waals surface area contributed by atoms with Gasteiger partial charge >= 0.3 is 0 Å². The number of hydrogen-bond donors (Lipinski definition) is 1. The highest BCUT2D eigenvalue weighted by molar-refractivity contribution is 5.82. The fourth-order valence-electron chi connectivity index (χ4n) is 4.05. The molecule has 1 aromatic carbocycles. The lowest BCUT2D eigenvalue weighted by atomic mass is 9.97. The van der Waals surface area contributed by atoms with E-state index in [-0.39, 0.29) is 23.6 Å². The van der Waals surface area contributed by atoms with Gasteiger partial charge in [-0.05, 0) is 36.5 Å². The van der Waals surface area contributed by atoms with Crippen molar-refractivity contribution in [2.24, 2.45) is 5.92 Å². The second kappa shape index (κ2) is 9.21. The molecule has 0 spiro atoms. The van der Waals surface area contributed by atoms with E-state index >= 15 is 0 Å². The average molecular weight is 447 g/mol. The summed E-state index contributed by atoms with van der Waals surface area (Å²) in [6, 6.07) is 8.94. The number of nitrogens with one attached hydrogen (secondary N) is 1. The van der Waals surface area contributed by atoms with Crippen LogP contribution in [0.3, 0.4) is 0 Å². The molecule has 7 nitrogen and oxygen atoms in total. The Balaban J connectivity index is 1.34. The van der Waals surface area contributed by atoms with Crippen LogP contribution < -0.4 is 10.2 Å². The molecule has 1 saturated carbocycles. The molecule has 0 radical (unpaired) electrons. The Morgan fingerprint density at radius 1 is 1.15 bits per heavy atom. The number of amides is 1. The molecule has 170 valence electrons.